The van der Waals surface area contributed by atoms with Crippen LogP contribution < -0.4 is 73.4 Å². The molecule has 8 bridgehead atoms. The zero-order valence-electron chi connectivity index (χ0n) is 78.7. The molecule has 6 aromatic carbocycles. The number of carbonyl (C=O) groups is 8. The minimum Gasteiger partial charge on any atom is -0.504 e. The predicted molar refractivity (Wildman–Crippen MR) is 505 cm³/mol. The lowest BCUT2D eigenvalue weighted by atomic mass is 9.71. The van der Waals surface area contributed by atoms with Crippen molar-refractivity contribution in [3.63, 3.8) is 0 Å². The summed E-state index contributed by atoms with van der Waals surface area (Å²) in [6.45, 7) is 23.4. The van der Waals surface area contributed by atoms with Crippen LogP contribution in [0.4, 0.5) is 9.59 Å². The Balaban J connectivity index is 0.000000205. The summed E-state index contributed by atoms with van der Waals surface area (Å²) in [6, 6.07) is 8.20. The Morgan fingerprint density at radius 1 is 0.522 bits per heavy atom. The number of nitrogens with one attached hydrogen (secondary N) is 4. The number of thioether (sulfide) groups is 2. The number of benzene rings is 6. The number of phenols is 3. The number of esters is 5. The number of nitrogens with zero attached hydrogens (tertiary/aromatic N) is 6. The first-order valence-corrected chi connectivity index (χ1v) is 46.6. The fourth-order valence-electron chi connectivity index (χ4n) is 21.7. The van der Waals surface area contributed by atoms with E-state index in [1.807, 2.05) is 53.9 Å². The smallest absolute Gasteiger partial charge is 0.408 e. The molecule has 0 radical (unpaired) electrons. The molecule has 39 heteroatoms. The van der Waals surface area contributed by atoms with E-state index in [1.165, 1.54) is 79.7 Å². The van der Waals surface area contributed by atoms with Crippen molar-refractivity contribution in [2.24, 2.45) is 0 Å². The molecule has 2 spiro atoms. The summed E-state index contributed by atoms with van der Waals surface area (Å²) in [4.78, 5) is 112. The van der Waals surface area contributed by atoms with Crippen LogP contribution in [0.5, 0.6) is 80.5 Å². The van der Waals surface area contributed by atoms with Gasteiger partial charge in [0.05, 0.1) is 75.2 Å². The minimum absolute atomic E-state index is 0. The highest BCUT2D eigenvalue weighted by atomic mass is 32.2. The van der Waals surface area contributed by atoms with Gasteiger partial charge in [-0.2, -0.15) is 10.5 Å². The van der Waals surface area contributed by atoms with E-state index in [2.05, 4.69) is 53.0 Å². The Bertz CT molecular complexity index is 5990. The van der Waals surface area contributed by atoms with Gasteiger partial charge < -0.3 is 102 Å². The van der Waals surface area contributed by atoms with Crippen molar-refractivity contribution in [2.75, 3.05) is 93.9 Å². The first-order valence-electron chi connectivity index (χ1n) is 44.5. The van der Waals surface area contributed by atoms with E-state index in [9.17, 15) is 59.4 Å². The van der Waals surface area contributed by atoms with Gasteiger partial charge in [0.15, 0.2) is 80.1 Å². The second-order valence-electron chi connectivity index (χ2n) is 37.7. The number of carbonyl (C=O) groups excluding carboxylic acids is 7. The summed E-state index contributed by atoms with van der Waals surface area (Å²) in [6.07, 6.45) is 0.439. The summed E-state index contributed by atoms with van der Waals surface area (Å²) in [5.41, 5.74) is 6.86. The van der Waals surface area contributed by atoms with E-state index < -0.39 is 141 Å². The fraction of sp³-hybridized carbons (Fsp3) is 0.535. The average Bonchev–Trinajstić information content (AvgIpc) is 1.03. The number of fused-ring (bicyclic) bond motifs is 18. The van der Waals surface area contributed by atoms with Crippen LogP contribution in [-0.4, -0.2) is 241 Å². The number of methoxy groups -OCH3 is 4. The number of ether oxygens (including phenoxy) is 15. The van der Waals surface area contributed by atoms with Gasteiger partial charge in [-0.15, -0.1) is 23.5 Å². The Kier molecular flexibility index (Phi) is 29.4. The number of aliphatic carboxylic acids is 1. The number of piperazine rings is 2. The number of carboxylic acids is 1. The summed E-state index contributed by atoms with van der Waals surface area (Å²) in [5.74, 6) is -0.259. The van der Waals surface area contributed by atoms with Gasteiger partial charge in [-0.25, -0.2) is 24.0 Å². The number of aryl methyl sites for hydroxylation is 2. The van der Waals surface area contributed by atoms with E-state index in [4.69, 9.17) is 76.2 Å². The van der Waals surface area contributed by atoms with Crippen LogP contribution in [0.2, 0.25) is 0 Å². The maximum atomic E-state index is 15.1. The zero-order chi connectivity index (χ0) is 97.3. The van der Waals surface area contributed by atoms with Crippen LogP contribution in [0.3, 0.4) is 0 Å². The van der Waals surface area contributed by atoms with Gasteiger partial charge in [0.2, 0.25) is 13.6 Å². The van der Waals surface area contributed by atoms with Crippen molar-refractivity contribution in [1.82, 2.24) is 40.9 Å². The number of amides is 2. The second kappa shape index (κ2) is 39.3. The van der Waals surface area contributed by atoms with E-state index in [1.54, 1.807) is 65.8 Å². The molecule has 744 valence electrons. The van der Waals surface area contributed by atoms with E-state index in [0.29, 0.717) is 140 Å². The Hall–Kier alpha value is -12.1. The third-order valence-electron chi connectivity index (χ3n) is 27.3. The highest BCUT2D eigenvalue weighted by Gasteiger charge is 2.65. The summed E-state index contributed by atoms with van der Waals surface area (Å²) in [7, 11) is 9.89. The SMILES string of the molecule is C.C.C.COc1cc2c(cc1O)CCN[C@]21CS[C@@H]2c3c(OC(C)=O)c(C)c4c(c3[C@H](COC1=O)N1C2[C@H]2c3c(cc(C)c(OC)c3O)C[C@@H]([C@@H]1C#N)N2C)OCO4.COc1cc2c(cc1OC(=O)[C@H](C)NC(=O)OC(C)(C)C)CCN[C@]21CS[C@@H]2c3c(OC(C)=O)c(C)c4c(c3[C@H](COC1=O)N1C2[C@H]2c3c(cc(C)c(OC)c3O)C[C@@H]([C@@H]1C#N)N2C)OCO4.C[C@H](NC(=O)OC(C)(C)C)C(=O)O. The Morgan fingerprint density at radius 2 is 0.920 bits per heavy atom. The molecule has 138 heavy (non-hydrogen) atoms. The lowest BCUT2D eigenvalue weighted by Crippen LogP contribution is -2.69. The number of hydrogen-bond donors (Lipinski definition) is 8. The molecule has 0 saturated carbocycles. The fourth-order valence-corrected chi connectivity index (χ4v) is 25.1. The molecule has 14 heterocycles. The number of likely N-dealkylation sites (N-methyl/N-ethyl adjacent to an activating group) is 2. The van der Waals surface area contributed by atoms with Crippen LogP contribution in [0, 0.1) is 50.4 Å². The largest absolute Gasteiger partial charge is 0.504 e. The molecule has 2 amide bonds. The molecular weight excluding hydrogens is 1830 g/mol. The van der Waals surface area contributed by atoms with Gasteiger partial charge in [0, 0.05) is 107 Å². The first-order chi connectivity index (χ1) is 64.0. The number of nitriles is 2. The molecule has 20 rings (SSSR count). The van der Waals surface area contributed by atoms with Crippen LogP contribution in [0.15, 0.2) is 36.4 Å². The quantitative estimate of drug-likeness (QED) is 0.0339. The van der Waals surface area contributed by atoms with Gasteiger partial charge in [-0.1, -0.05) is 34.4 Å². The standard InChI is InChI=1S/C48H55N5O13S.C40H42N4O10S.C8H15NO4.3CH4/c1-21-13-26-14-28-29(17-49)53-30-18-61-45(57)48(27-16-31(59-9)32(15-25(27)11-12-50-48)65-44(56)23(3)51-46(58)66-47(5,6)7)19-67-43(37(53)36(52(28)8)33(26)38(55)39(21)60-10)35-34(30)42-41(62-20-63-42)22(2)40(35)64-24(4)54;1-17-9-21-10-23-24(13-41)44-25-14-51-39(48)40(22-12-27(49-5)26(46)11-20(22)7-8-42-40)15-55-38(32(44)31(43(23)4)28(21)33(47)34(17)50-6)30-29(25)37-36(52-16-53-37)18(2)35(30)54-19(3)45;1-5(6(10)11)9-7(12)13-8(2,3)4;;;/h13,15-16,23,28-30,36-37,43,50,55H,11-12,14,18-20H2,1-10H3,(H,51,58);9,11-12,23-25,31-32,38,42,46-47H,7-8,10,14-16H2,1-6H3;5H,1-4H3,(H,9,12)(H,10,11);3*1H4/t23-,28-,29-,30-,36+,37?,43+,48+;23-,24-,25-,31+,32?,38+,40+;5-;;;/m000.../s1. The van der Waals surface area contributed by atoms with Crippen LogP contribution in [0.1, 0.15) is 215 Å². The summed E-state index contributed by atoms with van der Waals surface area (Å²) >= 11 is 2.91. The molecule has 2 unspecified atom stereocenters. The predicted octanol–water partition coefficient (Wildman–Crippen LogP) is 12.0. The highest BCUT2D eigenvalue weighted by molar-refractivity contribution is 7.99. The highest BCUT2D eigenvalue weighted by Crippen LogP contribution is 2.68. The van der Waals surface area contributed by atoms with Crippen LogP contribution in [-0.2, 0) is 84.5 Å². The lowest BCUT2D eigenvalue weighted by molar-refractivity contribution is -0.158. The Morgan fingerprint density at radius 3 is 1.30 bits per heavy atom. The van der Waals surface area contributed by atoms with Crippen LogP contribution in [0.25, 0.3) is 0 Å². The minimum atomic E-state index is -1.50. The molecule has 37 nitrogen and oxygen atoms in total. The van der Waals surface area contributed by atoms with Gasteiger partial charge in [0.25, 0.3) is 0 Å². The number of hydrogen-bond acceptors (Lipinski definition) is 36. The number of aromatic hydroxyl groups is 3. The van der Waals surface area contributed by atoms with Gasteiger partial charge in [-0.3, -0.25) is 44.6 Å². The zero-order valence-corrected chi connectivity index (χ0v) is 80.3. The molecule has 14 aliphatic heterocycles. The summed E-state index contributed by atoms with van der Waals surface area (Å²) < 4.78 is 88.7. The number of carboxylic acid groups (broad SMARTS) is 1. The number of rotatable bonds is 11. The Labute approximate surface area is 810 Å². The monoisotopic (exact) mass is 1950 g/mol. The van der Waals surface area contributed by atoms with E-state index in [-0.39, 0.29) is 113 Å². The molecular formula is C99H124N10O27S2. The van der Waals surface area contributed by atoms with Crippen molar-refractivity contribution in [3.05, 3.63) is 125 Å². The second-order valence-corrected chi connectivity index (χ2v) is 39.9. The average molecular weight is 1950 g/mol. The van der Waals surface area contributed by atoms with Crippen molar-refractivity contribution < 1.29 is 130 Å². The van der Waals surface area contributed by atoms with Gasteiger partial charge in [-0.05, 0) is 192 Å². The molecule has 4 saturated heterocycles. The molecule has 0 aliphatic carbocycles. The van der Waals surface area contributed by atoms with Gasteiger partial charge >= 0.3 is 48.0 Å². The molecule has 8 N–H and O–H groups in total. The first kappa shape index (κ1) is 103. The topological polar surface area (TPSA) is 465 Å². The lowest BCUT2D eigenvalue weighted by Gasteiger charge is -2.62. The third-order valence-corrected chi connectivity index (χ3v) is 30.2. The van der Waals surface area contributed by atoms with Gasteiger partial charge in [0.1, 0.15) is 60.1 Å². The summed E-state index contributed by atoms with van der Waals surface area (Å²) in [5, 5.41) is 76.3. The molecule has 6 aromatic rings. The maximum Gasteiger partial charge on any atom is 0.408 e. The molecule has 16 atom stereocenters. The van der Waals surface area contributed by atoms with Crippen molar-refractivity contribution in [1.29, 1.82) is 10.5 Å². The van der Waals surface area contributed by atoms with Crippen LogP contribution >= 0.6 is 23.5 Å². The van der Waals surface area contributed by atoms with E-state index >= 15 is 4.79 Å². The number of phenolic OH excluding ortho intramolecular Hbond substituents is 3. The molecule has 4 fully saturated rings. The number of alkyl carbamates (subject to hydrolysis) is 2. The van der Waals surface area contributed by atoms with Crippen molar-refractivity contribution in [3.8, 4) is 92.6 Å². The van der Waals surface area contributed by atoms with E-state index in [0.717, 1.165) is 27.8 Å². The normalized spacial score (nSPS) is 25.6. The van der Waals surface area contributed by atoms with Crippen molar-refractivity contribution in [2.45, 2.75) is 250 Å². The maximum absolute atomic E-state index is 15.1. The van der Waals surface area contributed by atoms with Crippen molar-refractivity contribution >= 4 is 71.5 Å². The molecule has 14 aliphatic rings. The third kappa shape index (κ3) is 17.6. The molecule has 0 aromatic heterocycles.